The average Bonchev–Trinajstić information content (AvgIpc) is 3.41. The molecule has 226 valence electrons. The first-order valence-corrected chi connectivity index (χ1v) is 15.5. The van der Waals surface area contributed by atoms with Gasteiger partial charge in [0.15, 0.2) is 5.60 Å². The molecule has 4 aliphatic rings. The number of hydrogen-bond acceptors (Lipinski definition) is 8. The van der Waals surface area contributed by atoms with Gasteiger partial charge in [-0.05, 0) is 81.9 Å². The maximum Gasteiger partial charge on any atom is 0.415 e. The summed E-state index contributed by atoms with van der Waals surface area (Å²) >= 11 is 0. The predicted molar refractivity (Wildman–Crippen MR) is 160 cm³/mol. The molecule has 10 nitrogen and oxygen atoms in total. The molecule has 2 saturated heterocycles. The minimum absolute atomic E-state index is 0.0801. The average molecular weight is 587 g/mol. The Morgan fingerprint density at radius 1 is 1.07 bits per heavy atom. The first-order chi connectivity index (χ1) is 20.8. The zero-order valence-corrected chi connectivity index (χ0v) is 25.1. The Kier molecular flexibility index (Phi) is 7.01. The molecule has 2 fully saturated rings. The highest BCUT2D eigenvalue weighted by molar-refractivity contribution is 5.90. The van der Waals surface area contributed by atoms with Crippen LogP contribution in [0.3, 0.4) is 0 Å². The van der Waals surface area contributed by atoms with Crippen LogP contribution in [0.15, 0.2) is 29.1 Å². The van der Waals surface area contributed by atoms with Crippen molar-refractivity contribution in [2.24, 2.45) is 0 Å². The molecule has 0 spiro atoms. The molecule has 2 aromatic heterocycles. The minimum Gasteiger partial charge on any atom is -0.458 e. The first kappa shape index (κ1) is 28.0. The number of rotatable bonds is 4. The summed E-state index contributed by atoms with van der Waals surface area (Å²) in [5.74, 6) is -0.0268. The maximum absolute atomic E-state index is 13.6. The molecule has 0 unspecified atom stereocenters. The number of esters is 1. The van der Waals surface area contributed by atoms with E-state index in [2.05, 4.69) is 11.8 Å². The van der Waals surface area contributed by atoms with Crippen LogP contribution in [0.2, 0.25) is 0 Å². The molecule has 0 radical (unpaired) electrons. The first-order valence-electron chi connectivity index (χ1n) is 15.5. The largest absolute Gasteiger partial charge is 0.458 e. The van der Waals surface area contributed by atoms with Gasteiger partial charge >= 0.3 is 12.1 Å². The van der Waals surface area contributed by atoms with Gasteiger partial charge in [-0.2, -0.15) is 0 Å². The molecule has 0 bridgehead atoms. The molecule has 10 heteroatoms. The lowest BCUT2D eigenvalue weighted by atomic mass is 9.89. The van der Waals surface area contributed by atoms with Crippen molar-refractivity contribution in [2.75, 3.05) is 33.3 Å². The monoisotopic (exact) mass is 586 g/mol. The van der Waals surface area contributed by atoms with Crippen molar-refractivity contribution >= 4 is 23.0 Å². The standard InChI is InChI=1S/C33H38N4O6/c1-4-22-23-16-21(43-32(40)36-14-10-20(11-15-36)35-12-6-5-7-13-35)8-9-27(23)34-29-24(22)18-37-28(29)17-26-25(30(37)38)19-42-31(39)33(26,2)41-3/h8-9,16-17,20H,4-7,10-15,18-19H2,1-3H3/t33-/m0/s1. The summed E-state index contributed by atoms with van der Waals surface area (Å²) in [5, 5.41) is 0.904. The van der Waals surface area contributed by atoms with E-state index in [4.69, 9.17) is 19.2 Å². The third-order valence-corrected chi connectivity index (χ3v) is 9.98. The van der Waals surface area contributed by atoms with Crippen LogP contribution >= 0.6 is 0 Å². The normalized spacial score (nSPS) is 22.2. The summed E-state index contributed by atoms with van der Waals surface area (Å²) in [6.45, 7) is 7.76. The quantitative estimate of drug-likeness (QED) is 0.325. The summed E-state index contributed by atoms with van der Waals surface area (Å²) in [4.78, 5) is 48.8. The molecule has 0 N–H and O–H groups in total. The second kappa shape index (κ2) is 10.7. The summed E-state index contributed by atoms with van der Waals surface area (Å²) in [6, 6.07) is 7.96. The highest BCUT2D eigenvalue weighted by atomic mass is 16.6. The Morgan fingerprint density at radius 3 is 2.56 bits per heavy atom. The third kappa shape index (κ3) is 4.53. The molecular weight excluding hydrogens is 548 g/mol. The molecule has 0 saturated carbocycles. The van der Waals surface area contributed by atoms with Gasteiger partial charge in [0.2, 0.25) is 0 Å². The number of amides is 1. The highest BCUT2D eigenvalue weighted by Gasteiger charge is 2.45. The van der Waals surface area contributed by atoms with Crippen molar-refractivity contribution in [3.05, 3.63) is 56.9 Å². The van der Waals surface area contributed by atoms with Gasteiger partial charge in [0, 0.05) is 42.8 Å². The number of carbonyl (C=O) groups is 2. The fraction of sp³-hybridized carbons (Fsp3) is 0.515. The SMILES string of the molecule is CCc1c2c(nc3ccc(OC(=O)N4CCC(N5CCCCC5)CC4)cc13)-c1cc3c(c(=O)n1C2)COC(=O)[C@@]3(C)OC. The van der Waals surface area contributed by atoms with E-state index in [0.717, 1.165) is 40.6 Å². The topological polar surface area (TPSA) is 103 Å². The van der Waals surface area contributed by atoms with Gasteiger partial charge in [0.1, 0.15) is 12.4 Å². The van der Waals surface area contributed by atoms with Gasteiger partial charge in [-0.3, -0.25) is 4.79 Å². The van der Waals surface area contributed by atoms with Gasteiger partial charge in [-0.25, -0.2) is 14.6 Å². The Hall–Kier alpha value is -3.76. The van der Waals surface area contributed by atoms with E-state index in [9.17, 15) is 14.4 Å². The fourth-order valence-corrected chi connectivity index (χ4v) is 7.40. The Labute approximate surface area is 250 Å². The smallest absolute Gasteiger partial charge is 0.415 e. The molecule has 0 aliphatic carbocycles. The van der Waals surface area contributed by atoms with E-state index in [-0.39, 0.29) is 18.3 Å². The van der Waals surface area contributed by atoms with E-state index < -0.39 is 11.6 Å². The molecule has 3 aromatic rings. The number of fused-ring (bicyclic) bond motifs is 5. The second-order valence-corrected chi connectivity index (χ2v) is 12.3. The van der Waals surface area contributed by atoms with E-state index in [0.29, 0.717) is 54.7 Å². The van der Waals surface area contributed by atoms with Crippen LogP contribution in [-0.2, 0) is 39.4 Å². The Bertz CT molecular complexity index is 1690. The highest BCUT2D eigenvalue weighted by Crippen LogP contribution is 2.40. The molecule has 7 rings (SSSR count). The lowest BCUT2D eigenvalue weighted by Gasteiger charge is -2.39. The van der Waals surface area contributed by atoms with Crippen LogP contribution in [0.4, 0.5) is 4.79 Å². The second-order valence-electron chi connectivity index (χ2n) is 12.3. The summed E-state index contributed by atoms with van der Waals surface area (Å²) in [7, 11) is 1.44. The van der Waals surface area contributed by atoms with Crippen LogP contribution < -0.4 is 10.3 Å². The lowest BCUT2D eigenvalue weighted by Crippen LogP contribution is -2.48. The number of cyclic esters (lactones) is 1. The van der Waals surface area contributed by atoms with Gasteiger partial charge in [-0.1, -0.05) is 13.3 Å². The van der Waals surface area contributed by atoms with Crippen molar-refractivity contribution in [3.8, 4) is 17.1 Å². The third-order valence-electron chi connectivity index (χ3n) is 9.98. The Morgan fingerprint density at radius 2 is 1.84 bits per heavy atom. The van der Waals surface area contributed by atoms with Crippen molar-refractivity contribution in [1.29, 1.82) is 0 Å². The van der Waals surface area contributed by atoms with Crippen LogP contribution in [0, 0.1) is 0 Å². The zero-order valence-electron chi connectivity index (χ0n) is 25.1. The number of likely N-dealkylation sites (tertiary alicyclic amines) is 2. The van der Waals surface area contributed by atoms with E-state index in [1.165, 1.54) is 39.5 Å². The number of aromatic nitrogens is 2. The van der Waals surface area contributed by atoms with Crippen LogP contribution in [-0.4, -0.2) is 70.7 Å². The Balaban J connectivity index is 1.16. The number of ether oxygens (including phenoxy) is 3. The predicted octanol–water partition coefficient (Wildman–Crippen LogP) is 4.36. The van der Waals surface area contributed by atoms with Crippen LogP contribution in [0.5, 0.6) is 5.75 Å². The molecular formula is C33H38N4O6. The van der Waals surface area contributed by atoms with E-state index in [1.807, 2.05) is 23.1 Å². The lowest BCUT2D eigenvalue weighted by molar-refractivity contribution is -0.173. The van der Waals surface area contributed by atoms with Crippen molar-refractivity contribution < 1.29 is 23.8 Å². The zero-order chi connectivity index (χ0) is 29.9. The van der Waals surface area contributed by atoms with E-state index >= 15 is 0 Å². The van der Waals surface area contributed by atoms with Gasteiger partial charge < -0.3 is 28.6 Å². The molecule has 1 atom stereocenters. The van der Waals surface area contributed by atoms with E-state index in [1.54, 1.807) is 17.6 Å². The molecule has 4 aliphatic heterocycles. The number of benzene rings is 1. The summed E-state index contributed by atoms with van der Waals surface area (Å²) < 4.78 is 18.5. The summed E-state index contributed by atoms with van der Waals surface area (Å²) in [5.41, 5.74) is 3.55. The van der Waals surface area contributed by atoms with Crippen molar-refractivity contribution in [1.82, 2.24) is 19.4 Å². The molecule has 43 heavy (non-hydrogen) atoms. The van der Waals surface area contributed by atoms with Gasteiger partial charge in [0.25, 0.3) is 5.56 Å². The van der Waals surface area contributed by atoms with Crippen molar-refractivity contribution in [3.63, 3.8) is 0 Å². The number of aryl methyl sites for hydroxylation is 1. The molecule has 1 aromatic carbocycles. The number of pyridine rings is 2. The minimum atomic E-state index is -1.36. The summed E-state index contributed by atoms with van der Waals surface area (Å²) in [6.07, 6.45) is 6.23. The fourth-order valence-electron chi connectivity index (χ4n) is 7.40. The maximum atomic E-state index is 13.6. The van der Waals surface area contributed by atoms with Gasteiger partial charge in [0.05, 0.1) is 29.0 Å². The number of methoxy groups -OCH3 is 1. The number of nitrogens with zero attached hydrogens (tertiary/aromatic N) is 4. The number of piperidine rings is 2. The van der Waals surface area contributed by atoms with Crippen molar-refractivity contribution in [2.45, 2.75) is 77.2 Å². The van der Waals surface area contributed by atoms with Crippen LogP contribution in [0.25, 0.3) is 22.3 Å². The number of hydrogen-bond donors (Lipinski definition) is 0. The van der Waals surface area contributed by atoms with Gasteiger partial charge in [-0.15, -0.1) is 0 Å². The number of carbonyl (C=O) groups excluding carboxylic acids is 2. The molecule has 1 amide bonds. The molecule has 6 heterocycles. The van der Waals surface area contributed by atoms with Crippen LogP contribution in [0.1, 0.15) is 68.2 Å².